The van der Waals surface area contributed by atoms with E-state index in [0.717, 1.165) is 0 Å². The predicted molar refractivity (Wildman–Crippen MR) is 80.9 cm³/mol. The molecule has 1 heterocycles. The van der Waals surface area contributed by atoms with Gasteiger partial charge in [0.05, 0.1) is 6.54 Å². The van der Waals surface area contributed by atoms with E-state index in [0.29, 0.717) is 10.0 Å². The van der Waals surface area contributed by atoms with Crippen molar-refractivity contribution in [1.29, 1.82) is 0 Å². The monoisotopic (exact) mass is 299 g/mol. The van der Waals surface area contributed by atoms with E-state index in [1.807, 2.05) is 20.8 Å². The number of anilines is 2. The normalized spacial score (nSPS) is 11.1. The molecule has 0 aliphatic rings. The van der Waals surface area contributed by atoms with Gasteiger partial charge in [-0.05, 0) is 20.8 Å². The van der Waals surface area contributed by atoms with E-state index in [-0.39, 0.29) is 29.7 Å². The van der Waals surface area contributed by atoms with Crippen LogP contribution in [0.15, 0.2) is 0 Å². The first-order chi connectivity index (χ1) is 9.14. The molecule has 8 heteroatoms. The maximum Gasteiger partial charge on any atom is 0.268 e. The topological polar surface area (TPSA) is 100 Å². The summed E-state index contributed by atoms with van der Waals surface area (Å²) in [6, 6.07) is 0. The molecule has 0 fully saturated rings. The van der Waals surface area contributed by atoms with Gasteiger partial charge in [0.1, 0.15) is 10.7 Å². The van der Waals surface area contributed by atoms with Crippen molar-refractivity contribution in [3.05, 3.63) is 4.88 Å². The predicted octanol–water partition coefficient (Wildman–Crippen LogP) is 0.754. The molecule has 0 aliphatic carbocycles. The zero-order chi connectivity index (χ0) is 15.5. The second-order valence-electron chi connectivity index (χ2n) is 5.44. The van der Waals surface area contributed by atoms with Gasteiger partial charge in [0.15, 0.2) is 5.13 Å². The summed E-state index contributed by atoms with van der Waals surface area (Å²) in [4.78, 5) is 29.3. The van der Waals surface area contributed by atoms with Gasteiger partial charge in [-0.25, -0.2) is 4.98 Å². The summed E-state index contributed by atoms with van der Waals surface area (Å²) in [5.41, 5.74) is 5.61. The fourth-order valence-corrected chi connectivity index (χ4v) is 2.49. The number of nitrogens with two attached hydrogens (primary N) is 1. The molecule has 0 aliphatic heterocycles. The van der Waals surface area contributed by atoms with E-state index in [9.17, 15) is 9.59 Å². The number of hydrogen-bond donors (Lipinski definition) is 3. The summed E-state index contributed by atoms with van der Waals surface area (Å²) < 4.78 is 0. The number of nitrogens with zero attached hydrogens (tertiary/aromatic N) is 2. The standard InChI is InChI=1S/C12H21N5O2S/c1-12(2,3)16-11-15-9(13)8(20-11)10(19)17(5)6-7(18)14-4/h6,13H2,1-5H3,(H,14,18)(H,15,16). The van der Waals surface area contributed by atoms with Crippen LogP contribution in [0.1, 0.15) is 30.4 Å². The molecular weight excluding hydrogens is 278 g/mol. The van der Waals surface area contributed by atoms with E-state index >= 15 is 0 Å². The molecule has 0 spiro atoms. The summed E-state index contributed by atoms with van der Waals surface area (Å²) in [5.74, 6) is -0.377. The van der Waals surface area contributed by atoms with Crippen LogP contribution < -0.4 is 16.4 Å². The maximum absolute atomic E-state index is 12.2. The molecule has 0 aromatic carbocycles. The third kappa shape index (κ3) is 4.37. The summed E-state index contributed by atoms with van der Waals surface area (Å²) >= 11 is 1.19. The molecule has 0 saturated carbocycles. The van der Waals surface area contributed by atoms with Crippen molar-refractivity contribution in [2.75, 3.05) is 31.7 Å². The van der Waals surface area contributed by atoms with Crippen molar-refractivity contribution in [2.24, 2.45) is 0 Å². The van der Waals surface area contributed by atoms with E-state index in [2.05, 4.69) is 15.6 Å². The lowest BCUT2D eigenvalue weighted by Gasteiger charge is -2.19. The Morgan fingerprint density at radius 1 is 1.40 bits per heavy atom. The Kier molecular flexibility index (Phi) is 4.93. The van der Waals surface area contributed by atoms with E-state index in [1.54, 1.807) is 7.05 Å². The minimum Gasteiger partial charge on any atom is -0.382 e. The van der Waals surface area contributed by atoms with Gasteiger partial charge in [0.25, 0.3) is 5.91 Å². The highest BCUT2D eigenvalue weighted by Gasteiger charge is 2.22. The Morgan fingerprint density at radius 2 is 2.00 bits per heavy atom. The molecule has 112 valence electrons. The Balaban J connectivity index is 2.86. The van der Waals surface area contributed by atoms with Crippen LogP contribution >= 0.6 is 11.3 Å². The summed E-state index contributed by atoms with van der Waals surface area (Å²) in [6.07, 6.45) is 0. The second-order valence-corrected chi connectivity index (χ2v) is 6.44. The van der Waals surface area contributed by atoms with Gasteiger partial charge >= 0.3 is 0 Å². The Bertz CT molecular complexity index is 506. The maximum atomic E-state index is 12.2. The summed E-state index contributed by atoms with van der Waals surface area (Å²) in [7, 11) is 3.07. The zero-order valence-electron chi connectivity index (χ0n) is 12.4. The lowest BCUT2D eigenvalue weighted by Crippen LogP contribution is -2.36. The minimum absolute atomic E-state index is 0.0191. The third-order valence-electron chi connectivity index (χ3n) is 2.34. The van der Waals surface area contributed by atoms with Crippen LogP contribution in [0.4, 0.5) is 10.9 Å². The highest BCUT2D eigenvalue weighted by atomic mass is 32.1. The molecule has 20 heavy (non-hydrogen) atoms. The number of hydrogen-bond acceptors (Lipinski definition) is 6. The molecule has 0 atom stereocenters. The fourth-order valence-electron chi connectivity index (χ4n) is 1.40. The van der Waals surface area contributed by atoms with Crippen molar-refractivity contribution in [3.8, 4) is 0 Å². The number of likely N-dealkylation sites (N-methyl/N-ethyl adjacent to an activating group) is 2. The van der Waals surface area contributed by atoms with Crippen molar-refractivity contribution in [2.45, 2.75) is 26.3 Å². The summed E-state index contributed by atoms with van der Waals surface area (Å²) in [6.45, 7) is 5.95. The van der Waals surface area contributed by atoms with Gasteiger partial charge in [-0.2, -0.15) is 0 Å². The Hall–Kier alpha value is -1.83. The lowest BCUT2D eigenvalue weighted by molar-refractivity contribution is -0.121. The Morgan fingerprint density at radius 3 is 2.50 bits per heavy atom. The molecule has 2 amide bonds. The molecule has 1 aromatic rings. The van der Waals surface area contributed by atoms with E-state index < -0.39 is 0 Å². The number of amides is 2. The first-order valence-corrected chi connectivity index (χ1v) is 6.96. The van der Waals surface area contributed by atoms with Crippen LogP contribution in [0, 0.1) is 0 Å². The van der Waals surface area contributed by atoms with Crippen LogP contribution in [0.25, 0.3) is 0 Å². The quantitative estimate of drug-likeness (QED) is 0.762. The smallest absolute Gasteiger partial charge is 0.268 e. The summed E-state index contributed by atoms with van der Waals surface area (Å²) in [5, 5.41) is 6.22. The largest absolute Gasteiger partial charge is 0.382 e. The average Bonchev–Trinajstić information content (AvgIpc) is 2.66. The molecule has 4 N–H and O–H groups in total. The van der Waals surface area contributed by atoms with Gasteiger partial charge in [-0.1, -0.05) is 11.3 Å². The van der Waals surface area contributed by atoms with Crippen molar-refractivity contribution >= 4 is 34.1 Å². The molecule has 1 rings (SSSR count). The number of nitrogens with one attached hydrogen (secondary N) is 2. The molecule has 0 saturated heterocycles. The van der Waals surface area contributed by atoms with Gasteiger partial charge in [0, 0.05) is 19.6 Å². The number of aromatic nitrogens is 1. The van der Waals surface area contributed by atoms with Crippen LogP contribution in [-0.4, -0.2) is 47.9 Å². The van der Waals surface area contributed by atoms with Crippen molar-refractivity contribution in [1.82, 2.24) is 15.2 Å². The Labute approximate surface area is 122 Å². The zero-order valence-corrected chi connectivity index (χ0v) is 13.2. The second kappa shape index (κ2) is 6.08. The van der Waals surface area contributed by atoms with Crippen molar-refractivity contribution < 1.29 is 9.59 Å². The lowest BCUT2D eigenvalue weighted by atomic mass is 10.1. The minimum atomic E-state index is -0.314. The van der Waals surface area contributed by atoms with Gasteiger partial charge in [-0.15, -0.1) is 0 Å². The van der Waals surface area contributed by atoms with Gasteiger partial charge < -0.3 is 21.3 Å². The number of rotatable bonds is 4. The van der Waals surface area contributed by atoms with Crippen molar-refractivity contribution in [3.63, 3.8) is 0 Å². The fraction of sp³-hybridized carbons (Fsp3) is 0.583. The highest BCUT2D eigenvalue weighted by Crippen LogP contribution is 2.28. The first-order valence-electron chi connectivity index (χ1n) is 6.14. The van der Waals surface area contributed by atoms with Gasteiger partial charge in [0.2, 0.25) is 5.91 Å². The molecule has 0 bridgehead atoms. The molecule has 0 radical (unpaired) electrons. The number of thiazole rings is 1. The highest BCUT2D eigenvalue weighted by molar-refractivity contribution is 7.18. The van der Waals surface area contributed by atoms with Crippen LogP contribution in [0.5, 0.6) is 0 Å². The first kappa shape index (κ1) is 16.2. The molecule has 0 unspecified atom stereocenters. The van der Waals surface area contributed by atoms with Crippen LogP contribution in [0.2, 0.25) is 0 Å². The SMILES string of the molecule is CNC(=O)CN(C)C(=O)c1sc(NC(C)(C)C)nc1N. The number of carbonyl (C=O) groups is 2. The molecule has 7 nitrogen and oxygen atoms in total. The molecule has 1 aromatic heterocycles. The van der Waals surface area contributed by atoms with Crippen LogP contribution in [0.3, 0.4) is 0 Å². The van der Waals surface area contributed by atoms with Gasteiger partial charge in [-0.3, -0.25) is 9.59 Å². The third-order valence-corrected chi connectivity index (χ3v) is 3.31. The van der Waals surface area contributed by atoms with E-state index in [4.69, 9.17) is 5.73 Å². The average molecular weight is 299 g/mol. The number of carbonyl (C=O) groups excluding carboxylic acids is 2. The molecular formula is C12H21N5O2S. The van der Waals surface area contributed by atoms with Crippen LogP contribution in [-0.2, 0) is 4.79 Å². The van der Waals surface area contributed by atoms with E-state index in [1.165, 1.54) is 23.3 Å². The number of nitrogen functional groups attached to an aromatic ring is 1.